The number of thioether (sulfide) groups is 1. The van der Waals surface area contributed by atoms with Gasteiger partial charge in [0.2, 0.25) is 11.8 Å². The number of anilines is 1. The van der Waals surface area contributed by atoms with E-state index in [9.17, 15) is 29.1 Å². The first kappa shape index (κ1) is 34.7. The number of β-lactam (4-membered cyclic amide) rings is 2. The third-order valence-electron chi connectivity index (χ3n) is 8.32. The summed E-state index contributed by atoms with van der Waals surface area (Å²) in [5, 5.41) is 13.9. The summed E-state index contributed by atoms with van der Waals surface area (Å²) in [7, 11) is 0. The summed E-state index contributed by atoms with van der Waals surface area (Å²) in [6, 6.07) is 19.1. The third-order valence-corrected chi connectivity index (χ3v) is 9.65. The molecule has 0 radical (unpaired) electrons. The molecule has 2 fully saturated rings. The van der Waals surface area contributed by atoms with Crippen LogP contribution in [0.15, 0.2) is 71.9 Å². The zero-order valence-corrected chi connectivity index (χ0v) is 28.4. The molecule has 0 aromatic heterocycles. The molecule has 232 valence electrons. The fourth-order valence-electron chi connectivity index (χ4n) is 6.14. The van der Waals surface area contributed by atoms with Gasteiger partial charge >= 0.3 is 35.5 Å². The first-order valence-corrected chi connectivity index (χ1v) is 16.1. The number of esters is 1. The van der Waals surface area contributed by atoms with E-state index in [2.05, 4.69) is 17.4 Å². The second kappa shape index (κ2) is 15.9. The second-order valence-electron chi connectivity index (χ2n) is 11.3. The van der Waals surface area contributed by atoms with E-state index in [-0.39, 0.29) is 77.8 Å². The normalized spacial score (nSPS) is 22.1. The summed E-state index contributed by atoms with van der Waals surface area (Å²) in [6.07, 6.45) is 5.42. The minimum Gasteiger partial charge on any atom is -0.543 e. The number of nitrogens with one attached hydrogen (secondary N) is 1. The Balaban J connectivity index is 0.00000461. The number of benzene rings is 2. The van der Waals surface area contributed by atoms with E-state index in [1.165, 1.54) is 18.7 Å². The number of amides is 3. The van der Waals surface area contributed by atoms with E-state index < -0.39 is 29.3 Å². The van der Waals surface area contributed by atoms with Crippen molar-refractivity contribution in [3.63, 3.8) is 0 Å². The van der Waals surface area contributed by atoms with Gasteiger partial charge in [-0.05, 0) is 30.5 Å². The van der Waals surface area contributed by atoms with E-state index in [0.717, 1.165) is 48.3 Å². The topological polar surface area (TPSA) is 136 Å². The van der Waals surface area contributed by atoms with Gasteiger partial charge in [-0.2, -0.15) is 0 Å². The fraction of sp³-hybridized carbons (Fsp3) is 0.424. The zero-order chi connectivity index (χ0) is 31.2. The van der Waals surface area contributed by atoms with Crippen molar-refractivity contribution in [3.8, 4) is 0 Å². The van der Waals surface area contributed by atoms with Gasteiger partial charge < -0.3 is 24.9 Å². The molecule has 12 heteroatoms. The summed E-state index contributed by atoms with van der Waals surface area (Å²) in [5.41, 5.74) is 2.07. The van der Waals surface area contributed by atoms with Crippen LogP contribution in [-0.2, 0) is 28.7 Å². The van der Waals surface area contributed by atoms with Crippen molar-refractivity contribution in [2.45, 2.75) is 69.3 Å². The average Bonchev–Trinajstić information content (AvgIpc) is 3.02. The van der Waals surface area contributed by atoms with Gasteiger partial charge in [0.1, 0.15) is 18.0 Å². The molecule has 4 atom stereocenters. The van der Waals surface area contributed by atoms with Crippen molar-refractivity contribution in [2.75, 3.05) is 17.3 Å². The smallest absolute Gasteiger partial charge is 0.543 e. The Morgan fingerprint density at radius 1 is 0.911 bits per heavy atom. The van der Waals surface area contributed by atoms with Crippen molar-refractivity contribution >= 4 is 47.1 Å². The predicted molar refractivity (Wildman–Crippen MR) is 163 cm³/mol. The molecule has 5 rings (SSSR count). The van der Waals surface area contributed by atoms with Crippen LogP contribution >= 0.6 is 11.8 Å². The quantitative estimate of drug-likeness (QED) is 0.133. The molecule has 2 unspecified atom stereocenters. The molecule has 3 aliphatic rings. The van der Waals surface area contributed by atoms with Crippen molar-refractivity contribution in [2.24, 2.45) is 5.92 Å². The number of carbonyl (C=O) groups excluding carboxylic acids is 5. The average molecular weight is 642 g/mol. The Morgan fingerprint density at radius 3 is 2.22 bits per heavy atom. The Hall–Kier alpha value is -3.12. The summed E-state index contributed by atoms with van der Waals surface area (Å²) >= 11 is 1.31. The summed E-state index contributed by atoms with van der Waals surface area (Å²) in [4.78, 5) is 64.3. The number of carbonyl (C=O) groups is 5. The number of aliphatic carboxylic acids is 1. The molecule has 2 saturated heterocycles. The standard InChI is InChI=1S/C33H37N3O7S.Na/c1-21(37)43-19-23-20-44-32-27(31(40)36(32)29(23)33(41)42)34-26(38)18-12-4-2-3-11-17-25-28(22-13-7-5-8-14-22)35(30(25)39)24-15-9-6-10-16-24;/h5-10,13-16,25,27-28,32H,2-4,11-12,17-20H2,1H3,(H,34,38)(H,41,42);/q;+1/p-1/t25?,27-,28?,32-;/m1./s1. The first-order valence-electron chi connectivity index (χ1n) is 15.0. The van der Waals surface area contributed by atoms with Crippen LogP contribution in [0.5, 0.6) is 0 Å². The molecule has 0 bridgehead atoms. The minimum atomic E-state index is -1.51. The molecule has 0 spiro atoms. The SMILES string of the molecule is CC(=O)OCC1=C(C(=O)[O-])N2C(=O)[C@@H](NC(=O)CCCCCCCC3C(=O)N(c4ccccc4)C3c3ccccc3)[C@H]2SC1.[Na+]. The molecule has 3 heterocycles. The Labute approximate surface area is 289 Å². The number of hydrogen-bond acceptors (Lipinski definition) is 8. The van der Waals surface area contributed by atoms with Crippen LogP contribution in [0.3, 0.4) is 0 Å². The number of nitrogens with zero attached hydrogens (tertiary/aromatic N) is 2. The van der Waals surface area contributed by atoms with Crippen LogP contribution < -0.4 is 44.9 Å². The molecule has 2 aromatic rings. The van der Waals surface area contributed by atoms with Gasteiger partial charge in [0.05, 0.1) is 23.6 Å². The van der Waals surface area contributed by atoms with E-state index in [1.807, 2.05) is 53.4 Å². The molecule has 2 aromatic carbocycles. The van der Waals surface area contributed by atoms with Crippen molar-refractivity contribution in [3.05, 3.63) is 77.5 Å². The largest absolute Gasteiger partial charge is 1.00 e. The molecule has 1 N–H and O–H groups in total. The van der Waals surface area contributed by atoms with Crippen LogP contribution in [0.25, 0.3) is 0 Å². The van der Waals surface area contributed by atoms with Crippen molar-refractivity contribution < 1.29 is 63.4 Å². The summed E-state index contributed by atoms with van der Waals surface area (Å²) < 4.78 is 4.92. The maximum atomic E-state index is 13.1. The predicted octanol–water partition coefficient (Wildman–Crippen LogP) is 0.0924. The second-order valence-corrected chi connectivity index (χ2v) is 12.4. The maximum absolute atomic E-state index is 13.1. The van der Waals surface area contributed by atoms with Crippen LogP contribution in [0.2, 0.25) is 0 Å². The van der Waals surface area contributed by atoms with E-state index in [1.54, 1.807) is 0 Å². The molecule has 45 heavy (non-hydrogen) atoms. The Kier molecular flexibility index (Phi) is 12.3. The van der Waals surface area contributed by atoms with Gasteiger partial charge in [-0.1, -0.05) is 74.2 Å². The van der Waals surface area contributed by atoms with Crippen LogP contribution in [0.4, 0.5) is 5.69 Å². The third kappa shape index (κ3) is 7.82. The number of fused-ring (bicyclic) bond motifs is 1. The zero-order valence-electron chi connectivity index (χ0n) is 25.6. The number of carboxylic acid groups (broad SMARTS) is 1. The molecule has 0 saturated carbocycles. The number of carboxylic acids is 1. The molecule has 3 amide bonds. The molecular formula is C33H36N3NaO7S. The summed E-state index contributed by atoms with van der Waals surface area (Å²) in [5.74, 6) is -2.47. The van der Waals surface area contributed by atoms with Gasteiger partial charge in [0.15, 0.2) is 0 Å². The summed E-state index contributed by atoms with van der Waals surface area (Å²) in [6.45, 7) is 0.993. The molecule has 10 nitrogen and oxygen atoms in total. The van der Waals surface area contributed by atoms with Gasteiger partial charge in [-0.15, -0.1) is 11.8 Å². The fourth-order valence-corrected chi connectivity index (χ4v) is 7.46. The van der Waals surface area contributed by atoms with E-state index in [0.29, 0.717) is 12.0 Å². The van der Waals surface area contributed by atoms with Gasteiger partial charge in [0, 0.05) is 30.4 Å². The molecular weight excluding hydrogens is 605 g/mol. The number of ether oxygens (including phenoxy) is 1. The van der Waals surface area contributed by atoms with E-state index >= 15 is 0 Å². The van der Waals surface area contributed by atoms with Gasteiger partial charge in [-0.25, -0.2) is 0 Å². The first-order chi connectivity index (χ1) is 21.3. The van der Waals surface area contributed by atoms with Crippen molar-refractivity contribution in [1.29, 1.82) is 0 Å². The monoisotopic (exact) mass is 641 g/mol. The minimum absolute atomic E-state index is 0. The number of hydrogen-bond donors (Lipinski definition) is 1. The van der Waals surface area contributed by atoms with E-state index in [4.69, 9.17) is 4.74 Å². The number of rotatable bonds is 14. The molecule has 3 aliphatic heterocycles. The van der Waals surface area contributed by atoms with Gasteiger partial charge in [0.25, 0.3) is 5.91 Å². The Morgan fingerprint density at radius 2 is 1.56 bits per heavy atom. The van der Waals surface area contributed by atoms with Crippen LogP contribution in [0.1, 0.15) is 63.5 Å². The number of unbranched alkanes of at least 4 members (excludes halogenated alkanes) is 4. The maximum Gasteiger partial charge on any atom is 1.00 e. The Bertz CT molecular complexity index is 1440. The van der Waals surface area contributed by atoms with Crippen molar-refractivity contribution in [1.82, 2.24) is 10.2 Å². The molecule has 0 aliphatic carbocycles. The van der Waals surface area contributed by atoms with Crippen LogP contribution in [-0.4, -0.2) is 58.3 Å². The van der Waals surface area contributed by atoms with Gasteiger partial charge in [-0.3, -0.25) is 24.1 Å². The van der Waals surface area contributed by atoms with Crippen LogP contribution in [0, 0.1) is 5.92 Å². The number of para-hydroxylation sites is 1.